The van der Waals surface area contributed by atoms with Crippen molar-refractivity contribution in [3.8, 4) is 0 Å². The van der Waals surface area contributed by atoms with Gasteiger partial charge in [-0.25, -0.2) is 18.4 Å². The molecule has 1 saturated heterocycles. The highest BCUT2D eigenvalue weighted by molar-refractivity contribution is 7.91. The van der Waals surface area contributed by atoms with Gasteiger partial charge >= 0.3 is 0 Å². The van der Waals surface area contributed by atoms with E-state index >= 15 is 0 Å². The standard InChI is InChI=1S/C16H20N4O2S/c1-2-20(14-8-9-23(21,22)11-14)16-10-15(17-12-18-16)19-13-6-4-3-5-7-13/h3-7,10,12,14H,2,8-9,11H2,1H3,(H,17,18,19). The molecule has 1 aromatic heterocycles. The molecular weight excluding hydrogens is 312 g/mol. The molecule has 2 aromatic rings. The zero-order valence-corrected chi connectivity index (χ0v) is 13.8. The lowest BCUT2D eigenvalue weighted by Gasteiger charge is -2.28. The minimum atomic E-state index is -2.92. The normalized spacial score (nSPS) is 19.4. The van der Waals surface area contributed by atoms with E-state index in [0.717, 1.165) is 11.5 Å². The highest BCUT2D eigenvalue weighted by Gasteiger charge is 2.32. The molecule has 0 bridgehead atoms. The maximum Gasteiger partial charge on any atom is 0.152 e. The summed E-state index contributed by atoms with van der Waals surface area (Å²) in [5.41, 5.74) is 0.948. The van der Waals surface area contributed by atoms with Gasteiger partial charge in [0.05, 0.1) is 11.5 Å². The number of para-hydroxylation sites is 1. The van der Waals surface area contributed by atoms with Crippen LogP contribution in [0.15, 0.2) is 42.7 Å². The van der Waals surface area contributed by atoms with Crippen LogP contribution in [0.4, 0.5) is 17.3 Å². The van der Waals surface area contributed by atoms with Gasteiger partial charge in [0.1, 0.15) is 18.0 Å². The SMILES string of the molecule is CCN(c1cc(Nc2ccccc2)ncn1)C1CCS(=O)(=O)C1. The van der Waals surface area contributed by atoms with Crippen molar-refractivity contribution in [2.45, 2.75) is 19.4 Å². The Balaban J connectivity index is 1.80. The van der Waals surface area contributed by atoms with Gasteiger partial charge in [-0.3, -0.25) is 0 Å². The first-order valence-electron chi connectivity index (χ1n) is 7.68. The molecule has 2 heterocycles. The lowest BCUT2D eigenvalue weighted by Crippen LogP contribution is -2.36. The molecule has 0 radical (unpaired) electrons. The lowest BCUT2D eigenvalue weighted by molar-refractivity contribution is 0.599. The minimum Gasteiger partial charge on any atom is -0.353 e. The third-order valence-electron chi connectivity index (χ3n) is 3.98. The molecule has 0 spiro atoms. The lowest BCUT2D eigenvalue weighted by atomic mass is 10.2. The second kappa shape index (κ2) is 6.54. The largest absolute Gasteiger partial charge is 0.353 e. The van der Waals surface area contributed by atoms with E-state index < -0.39 is 9.84 Å². The van der Waals surface area contributed by atoms with Crippen LogP contribution < -0.4 is 10.2 Å². The summed E-state index contributed by atoms with van der Waals surface area (Å²) in [4.78, 5) is 10.6. The fourth-order valence-corrected chi connectivity index (χ4v) is 4.60. The molecule has 122 valence electrons. The Hall–Kier alpha value is -2.15. The molecule has 0 saturated carbocycles. The second-order valence-electron chi connectivity index (χ2n) is 5.60. The van der Waals surface area contributed by atoms with Crippen molar-refractivity contribution in [3.63, 3.8) is 0 Å². The number of nitrogens with zero attached hydrogens (tertiary/aromatic N) is 3. The molecule has 1 unspecified atom stereocenters. The van der Waals surface area contributed by atoms with E-state index in [1.54, 1.807) is 0 Å². The Labute approximate surface area is 136 Å². The fraction of sp³-hybridized carbons (Fsp3) is 0.375. The molecule has 1 N–H and O–H groups in total. The molecule has 1 aromatic carbocycles. The van der Waals surface area contributed by atoms with E-state index in [1.165, 1.54) is 6.33 Å². The van der Waals surface area contributed by atoms with Crippen LogP contribution in [0.3, 0.4) is 0 Å². The van der Waals surface area contributed by atoms with Crippen molar-refractivity contribution in [1.29, 1.82) is 0 Å². The first kappa shape index (κ1) is 15.7. The topological polar surface area (TPSA) is 75.2 Å². The van der Waals surface area contributed by atoms with E-state index in [0.29, 0.717) is 18.8 Å². The zero-order valence-electron chi connectivity index (χ0n) is 13.0. The maximum absolute atomic E-state index is 11.7. The zero-order chi connectivity index (χ0) is 16.3. The number of aromatic nitrogens is 2. The highest BCUT2D eigenvalue weighted by atomic mass is 32.2. The predicted octanol–water partition coefficient (Wildman–Crippen LogP) is 2.23. The molecule has 6 nitrogen and oxygen atoms in total. The van der Waals surface area contributed by atoms with Crippen molar-refractivity contribution in [3.05, 3.63) is 42.7 Å². The third kappa shape index (κ3) is 3.79. The monoisotopic (exact) mass is 332 g/mol. The van der Waals surface area contributed by atoms with Crippen LogP contribution >= 0.6 is 0 Å². The number of rotatable bonds is 5. The summed E-state index contributed by atoms with van der Waals surface area (Å²) < 4.78 is 23.5. The Morgan fingerprint density at radius 3 is 2.70 bits per heavy atom. The Morgan fingerprint density at radius 1 is 1.26 bits per heavy atom. The average molecular weight is 332 g/mol. The van der Waals surface area contributed by atoms with Crippen LogP contribution in [0, 0.1) is 0 Å². The second-order valence-corrected chi connectivity index (χ2v) is 7.82. The van der Waals surface area contributed by atoms with Crippen molar-refractivity contribution in [2.24, 2.45) is 0 Å². The number of anilines is 3. The molecule has 1 aliphatic rings. The molecule has 23 heavy (non-hydrogen) atoms. The predicted molar refractivity (Wildman–Crippen MR) is 91.8 cm³/mol. The molecule has 1 atom stereocenters. The summed E-state index contributed by atoms with van der Waals surface area (Å²) in [5, 5.41) is 3.23. The first-order chi connectivity index (χ1) is 11.1. The summed E-state index contributed by atoms with van der Waals surface area (Å²) in [6, 6.07) is 11.6. The first-order valence-corrected chi connectivity index (χ1v) is 9.51. The van der Waals surface area contributed by atoms with Crippen molar-refractivity contribution >= 4 is 27.2 Å². The molecule has 1 aliphatic heterocycles. The van der Waals surface area contributed by atoms with E-state index in [4.69, 9.17) is 0 Å². The smallest absolute Gasteiger partial charge is 0.152 e. The van der Waals surface area contributed by atoms with E-state index in [-0.39, 0.29) is 17.5 Å². The van der Waals surface area contributed by atoms with Gasteiger partial charge in [0, 0.05) is 24.3 Å². The number of benzene rings is 1. The summed E-state index contributed by atoms with van der Waals surface area (Å²) in [6.07, 6.45) is 2.16. The van der Waals surface area contributed by atoms with Crippen molar-refractivity contribution in [2.75, 3.05) is 28.3 Å². The van der Waals surface area contributed by atoms with Gasteiger partial charge in [0.2, 0.25) is 0 Å². The van der Waals surface area contributed by atoms with E-state index in [2.05, 4.69) is 15.3 Å². The Bertz CT molecular complexity index is 765. The van der Waals surface area contributed by atoms with Gasteiger partial charge in [-0.05, 0) is 25.5 Å². The molecule has 0 amide bonds. The summed E-state index contributed by atoms with van der Waals surface area (Å²) in [6.45, 7) is 2.72. The van der Waals surface area contributed by atoms with Crippen molar-refractivity contribution < 1.29 is 8.42 Å². The summed E-state index contributed by atoms with van der Waals surface area (Å²) >= 11 is 0. The summed E-state index contributed by atoms with van der Waals surface area (Å²) in [5.74, 6) is 1.91. The van der Waals surface area contributed by atoms with Crippen LogP contribution in [0.5, 0.6) is 0 Å². The van der Waals surface area contributed by atoms with Crippen LogP contribution in [0.25, 0.3) is 0 Å². The molecule has 3 rings (SSSR count). The quantitative estimate of drug-likeness (QED) is 0.905. The Morgan fingerprint density at radius 2 is 2.04 bits per heavy atom. The van der Waals surface area contributed by atoms with Gasteiger partial charge < -0.3 is 10.2 Å². The van der Waals surface area contributed by atoms with Gasteiger partial charge in [0.15, 0.2) is 9.84 Å². The van der Waals surface area contributed by atoms with Gasteiger partial charge in [-0.2, -0.15) is 0 Å². The number of hydrogen-bond acceptors (Lipinski definition) is 6. The maximum atomic E-state index is 11.7. The average Bonchev–Trinajstić information content (AvgIpc) is 2.89. The molecule has 7 heteroatoms. The molecule has 0 aliphatic carbocycles. The van der Waals surface area contributed by atoms with Crippen LogP contribution in [-0.2, 0) is 9.84 Å². The van der Waals surface area contributed by atoms with Gasteiger partial charge in [0.25, 0.3) is 0 Å². The third-order valence-corrected chi connectivity index (χ3v) is 5.73. The minimum absolute atomic E-state index is 0.00975. The van der Waals surface area contributed by atoms with E-state index in [9.17, 15) is 8.42 Å². The van der Waals surface area contributed by atoms with Gasteiger partial charge in [-0.15, -0.1) is 0 Å². The Kier molecular flexibility index (Phi) is 4.47. The number of sulfone groups is 1. The van der Waals surface area contributed by atoms with Crippen LogP contribution in [-0.4, -0.2) is 42.5 Å². The fourth-order valence-electron chi connectivity index (χ4n) is 2.87. The molecular formula is C16H20N4O2S. The van der Waals surface area contributed by atoms with E-state index in [1.807, 2.05) is 48.2 Å². The van der Waals surface area contributed by atoms with Crippen LogP contribution in [0.2, 0.25) is 0 Å². The molecule has 1 fully saturated rings. The highest BCUT2D eigenvalue weighted by Crippen LogP contribution is 2.24. The number of hydrogen-bond donors (Lipinski definition) is 1. The number of nitrogens with one attached hydrogen (secondary N) is 1. The van der Waals surface area contributed by atoms with Crippen LogP contribution in [0.1, 0.15) is 13.3 Å². The van der Waals surface area contributed by atoms with Gasteiger partial charge in [-0.1, -0.05) is 18.2 Å². The van der Waals surface area contributed by atoms with Crippen molar-refractivity contribution in [1.82, 2.24) is 9.97 Å². The summed E-state index contributed by atoms with van der Waals surface area (Å²) in [7, 11) is -2.92.